The third-order valence-corrected chi connectivity index (χ3v) is 5.25. The van der Waals surface area contributed by atoms with Gasteiger partial charge in [-0.15, -0.1) is 22.7 Å². The third-order valence-electron chi connectivity index (χ3n) is 3.39. The van der Waals surface area contributed by atoms with Gasteiger partial charge in [0.15, 0.2) is 0 Å². The Morgan fingerprint density at radius 1 is 1.39 bits per heavy atom. The van der Waals surface area contributed by atoms with E-state index in [-0.39, 0.29) is 12.5 Å². The predicted octanol–water partition coefficient (Wildman–Crippen LogP) is 3.53. The lowest BCUT2D eigenvalue weighted by Gasteiger charge is -2.07. The average molecular weight is 347 g/mol. The van der Waals surface area contributed by atoms with Crippen LogP contribution in [0.2, 0.25) is 0 Å². The van der Waals surface area contributed by atoms with Crippen molar-refractivity contribution in [3.63, 3.8) is 0 Å². The van der Waals surface area contributed by atoms with Crippen LogP contribution in [0.1, 0.15) is 20.1 Å². The van der Waals surface area contributed by atoms with E-state index in [0.29, 0.717) is 17.9 Å². The van der Waals surface area contributed by atoms with E-state index in [2.05, 4.69) is 10.4 Å². The van der Waals surface area contributed by atoms with Gasteiger partial charge in [0.2, 0.25) is 0 Å². The van der Waals surface area contributed by atoms with Crippen molar-refractivity contribution in [2.45, 2.75) is 20.4 Å². The zero-order valence-electron chi connectivity index (χ0n) is 12.9. The molecular formula is C16H17N3O2S2. The average Bonchev–Trinajstić information content (AvgIpc) is 3.20. The number of thiophene rings is 2. The summed E-state index contributed by atoms with van der Waals surface area (Å²) in [6.45, 7) is 4.22. The van der Waals surface area contributed by atoms with Crippen LogP contribution in [0.15, 0.2) is 29.6 Å². The van der Waals surface area contributed by atoms with Crippen molar-refractivity contribution in [1.29, 1.82) is 0 Å². The molecule has 0 atom stereocenters. The van der Waals surface area contributed by atoms with Gasteiger partial charge in [0, 0.05) is 15.8 Å². The quantitative estimate of drug-likeness (QED) is 0.742. The monoisotopic (exact) mass is 347 g/mol. The largest absolute Gasteiger partial charge is 0.394 e. The Morgan fingerprint density at radius 3 is 2.83 bits per heavy atom. The van der Waals surface area contributed by atoms with E-state index in [4.69, 9.17) is 0 Å². The van der Waals surface area contributed by atoms with Gasteiger partial charge in [0.05, 0.1) is 23.6 Å². The Bertz CT molecular complexity index is 819. The Hall–Kier alpha value is -1.96. The number of aliphatic hydroxyl groups excluding tert-OH is 1. The molecule has 5 nitrogen and oxygen atoms in total. The molecule has 1 amide bonds. The molecule has 0 spiro atoms. The van der Waals surface area contributed by atoms with E-state index >= 15 is 0 Å². The standard InChI is InChI=1S/C16H17N3O2S2/c1-10-8-12(11(2)23-10)16(21)17-15-9-13(14-4-3-7-22-14)18-19(15)5-6-20/h3-4,7-9,20H,5-6H2,1-2H3,(H,17,21). The first-order valence-electron chi connectivity index (χ1n) is 7.19. The number of nitrogens with zero attached hydrogens (tertiary/aromatic N) is 2. The van der Waals surface area contributed by atoms with Crippen LogP contribution in [0, 0.1) is 13.8 Å². The highest BCUT2D eigenvalue weighted by molar-refractivity contribution is 7.13. The van der Waals surface area contributed by atoms with Crippen LogP contribution in [0.4, 0.5) is 5.82 Å². The second-order valence-corrected chi connectivity index (χ2v) is 7.53. The minimum absolute atomic E-state index is 0.0367. The lowest BCUT2D eigenvalue weighted by molar-refractivity contribution is 0.102. The van der Waals surface area contributed by atoms with Crippen LogP contribution in [-0.2, 0) is 6.54 Å². The molecule has 0 radical (unpaired) electrons. The van der Waals surface area contributed by atoms with E-state index < -0.39 is 0 Å². The van der Waals surface area contributed by atoms with Gasteiger partial charge in [-0.05, 0) is 31.4 Å². The third kappa shape index (κ3) is 3.36. The maximum Gasteiger partial charge on any atom is 0.257 e. The summed E-state index contributed by atoms with van der Waals surface area (Å²) in [6.07, 6.45) is 0. The van der Waals surface area contributed by atoms with Crippen LogP contribution in [0.3, 0.4) is 0 Å². The molecule has 0 aromatic carbocycles. The van der Waals surface area contributed by atoms with Gasteiger partial charge in [0.1, 0.15) is 11.5 Å². The van der Waals surface area contributed by atoms with Crippen LogP contribution >= 0.6 is 22.7 Å². The molecular weight excluding hydrogens is 330 g/mol. The number of carbonyl (C=O) groups excluding carboxylic acids is 1. The molecule has 0 aliphatic heterocycles. The summed E-state index contributed by atoms with van der Waals surface area (Å²) in [5.41, 5.74) is 1.48. The summed E-state index contributed by atoms with van der Waals surface area (Å²) in [5, 5.41) is 18.6. The van der Waals surface area contributed by atoms with Gasteiger partial charge < -0.3 is 10.4 Å². The van der Waals surface area contributed by atoms with E-state index in [1.807, 2.05) is 43.5 Å². The Kier molecular flexibility index (Phi) is 4.61. The summed E-state index contributed by atoms with van der Waals surface area (Å²) in [5.74, 6) is 0.444. The molecule has 3 heterocycles. The minimum atomic E-state index is -0.149. The first-order chi connectivity index (χ1) is 11.1. The van der Waals surface area contributed by atoms with Gasteiger partial charge in [-0.3, -0.25) is 4.79 Å². The topological polar surface area (TPSA) is 67.2 Å². The fraction of sp³-hybridized carbons (Fsp3) is 0.250. The number of hydrogen-bond acceptors (Lipinski definition) is 5. The lowest BCUT2D eigenvalue weighted by Crippen LogP contribution is -2.16. The summed E-state index contributed by atoms with van der Waals surface area (Å²) in [4.78, 5) is 15.6. The van der Waals surface area contributed by atoms with Crippen molar-refractivity contribution in [2.75, 3.05) is 11.9 Å². The van der Waals surface area contributed by atoms with E-state index in [0.717, 1.165) is 20.3 Å². The number of aliphatic hydroxyl groups is 1. The van der Waals surface area contributed by atoms with Crippen molar-refractivity contribution < 1.29 is 9.90 Å². The molecule has 120 valence electrons. The normalized spacial score (nSPS) is 10.9. The van der Waals surface area contributed by atoms with E-state index in [9.17, 15) is 9.90 Å². The first-order valence-corrected chi connectivity index (χ1v) is 8.89. The van der Waals surface area contributed by atoms with Crippen molar-refractivity contribution in [2.24, 2.45) is 0 Å². The van der Waals surface area contributed by atoms with Gasteiger partial charge in [-0.2, -0.15) is 5.10 Å². The Labute approximate surface area is 142 Å². The number of carbonyl (C=O) groups is 1. The van der Waals surface area contributed by atoms with Crippen LogP contribution in [-0.4, -0.2) is 27.4 Å². The minimum Gasteiger partial charge on any atom is -0.394 e. The molecule has 0 fully saturated rings. The zero-order chi connectivity index (χ0) is 16.4. The fourth-order valence-corrected chi connectivity index (χ4v) is 3.97. The van der Waals surface area contributed by atoms with Crippen molar-refractivity contribution in [3.8, 4) is 10.6 Å². The fourth-order valence-electron chi connectivity index (χ4n) is 2.37. The molecule has 3 rings (SSSR count). The summed E-state index contributed by atoms with van der Waals surface area (Å²) in [7, 11) is 0. The second-order valence-electron chi connectivity index (χ2n) is 5.12. The number of anilines is 1. The number of aryl methyl sites for hydroxylation is 2. The second kappa shape index (κ2) is 6.66. The zero-order valence-corrected chi connectivity index (χ0v) is 14.5. The molecule has 7 heteroatoms. The summed E-state index contributed by atoms with van der Waals surface area (Å²) < 4.78 is 1.63. The van der Waals surface area contributed by atoms with Crippen molar-refractivity contribution >= 4 is 34.4 Å². The molecule has 0 unspecified atom stereocenters. The van der Waals surface area contributed by atoms with Crippen molar-refractivity contribution in [3.05, 3.63) is 45.0 Å². The predicted molar refractivity (Wildman–Crippen MR) is 94.4 cm³/mol. The molecule has 0 saturated heterocycles. The SMILES string of the molecule is Cc1cc(C(=O)Nc2cc(-c3cccs3)nn2CCO)c(C)s1. The number of aromatic nitrogens is 2. The molecule has 0 aliphatic carbocycles. The number of nitrogens with one attached hydrogen (secondary N) is 1. The molecule has 3 aromatic rings. The number of rotatable bonds is 5. The van der Waals surface area contributed by atoms with Crippen LogP contribution in [0.5, 0.6) is 0 Å². The van der Waals surface area contributed by atoms with Gasteiger partial charge >= 0.3 is 0 Å². The highest BCUT2D eigenvalue weighted by atomic mass is 32.1. The number of hydrogen-bond donors (Lipinski definition) is 2. The molecule has 2 N–H and O–H groups in total. The maximum atomic E-state index is 12.5. The van der Waals surface area contributed by atoms with Crippen LogP contribution < -0.4 is 5.32 Å². The summed E-state index contributed by atoms with van der Waals surface area (Å²) >= 11 is 3.19. The molecule has 0 bridgehead atoms. The van der Waals surface area contributed by atoms with Gasteiger partial charge in [-0.25, -0.2) is 4.68 Å². The van der Waals surface area contributed by atoms with E-state index in [1.54, 1.807) is 27.4 Å². The van der Waals surface area contributed by atoms with Gasteiger partial charge in [0.25, 0.3) is 5.91 Å². The molecule has 23 heavy (non-hydrogen) atoms. The highest BCUT2D eigenvalue weighted by Gasteiger charge is 2.16. The van der Waals surface area contributed by atoms with E-state index in [1.165, 1.54) is 0 Å². The van der Waals surface area contributed by atoms with Crippen LogP contribution in [0.25, 0.3) is 10.6 Å². The first kappa shape index (κ1) is 15.9. The Balaban J connectivity index is 1.89. The lowest BCUT2D eigenvalue weighted by atomic mass is 10.2. The van der Waals surface area contributed by atoms with Gasteiger partial charge in [-0.1, -0.05) is 6.07 Å². The molecule has 0 aliphatic rings. The Morgan fingerprint density at radius 2 is 2.22 bits per heavy atom. The number of amides is 1. The molecule has 0 saturated carbocycles. The summed E-state index contributed by atoms with van der Waals surface area (Å²) in [6, 6.07) is 7.67. The smallest absolute Gasteiger partial charge is 0.257 e. The maximum absolute atomic E-state index is 12.5. The highest BCUT2D eigenvalue weighted by Crippen LogP contribution is 2.27. The van der Waals surface area contributed by atoms with Crippen molar-refractivity contribution in [1.82, 2.24) is 9.78 Å². The molecule has 3 aromatic heterocycles.